The minimum absolute atomic E-state index is 0.0362. The van der Waals surface area contributed by atoms with Gasteiger partial charge in [0.1, 0.15) is 0 Å². The number of carbonyl (C=O) groups is 1. The van der Waals surface area contributed by atoms with Crippen LogP contribution in [0.1, 0.15) is 29.0 Å². The van der Waals surface area contributed by atoms with Gasteiger partial charge in [-0.2, -0.15) is 5.10 Å². The summed E-state index contributed by atoms with van der Waals surface area (Å²) < 4.78 is 1.14. The summed E-state index contributed by atoms with van der Waals surface area (Å²) in [5.74, 6) is -0.374. The number of nitro benzene ring substituents is 1. The summed E-state index contributed by atoms with van der Waals surface area (Å²) in [6, 6.07) is 12.5. The maximum atomic E-state index is 13.1. The van der Waals surface area contributed by atoms with Crippen LogP contribution < -0.4 is 5.56 Å². The first kappa shape index (κ1) is 18.2. The van der Waals surface area contributed by atoms with Crippen LogP contribution in [0.3, 0.4) is 0 Å². The Balaban J connectivity index is 2.02. The van der Waals surface area contributed by atoms with Crippen molar-refractivity contribution in [2.75, 3.05) is 7.05 Å². The first-order valence-corrected chi connectivity index (χ1v) is 8.29. The summed E-state index contributed by atoms with van der Waals surface area (Å²) in [5.41, 5.74) is 0.476. The van der Waals surface area contributed by atoms with E-state index in [0.717, 1.165) is 4.68 Å². The van der Waals surface area contributed by atoms with E-state index in [2.05, 4.69) is 5.10 Å². The molecule has 1 aromatic heterocycles. The van der Waals surface area contributed by atoms with E-state index in [0.29, 0.717) is 16.3 Å². The summed E-state index contributed by atoms with van der Waals surface area (Å²) in [7, 11) is 3.10. The van der Waals surface area contributed by atoms with E-state index in [-0.39, 0.29) is 22.8 Å². The molecule has 0 bridgehead atoms. The highest BCUT2D eigenvalue weighted by atomic mass is 16.6. The lowest BCUT2D eigenvalue weighted by molar-refractivity contribution is -0.384. The largest absolute Gasteiger partial charge is 0.334 e. The monoisotopic (exact) mass is 366 g/mol. The standard InChI is InChI=1S/C19H18N4O4/c1-12(13-7-6-8-14(11-13)23(26)27)21(2)19(25)17-15-9-4-5-10-16(15)18(24)22(3)20-17/h4-12H,1-3H3/t12-/m0/s1. The second-order valence-electron chi connectivity index (χ2n) is 6.27. The zero-order valence-electron chi connectivity index (χ0n) is 15.1. The first-order chi connectivity index (χ1) is 12.8. The second-order valence-corrected chi connectivity index (χ2v) is 6.27. The molecule has 2 aromatic carbocycles. The average molecular weight is 366 g/mol. The van der Waals surface area contributed by atoms with E-state index in [1.165, 1.54) is 24.1 Å². The minimum Gasteiger partial charge on any atom is -0.334 e. The molecule has 0 N–H and O–H groups in total. The zero-order chi connectivity index (χ0) is 19.7. The number of amides is 1. The van der Waals surface area contributed by atoms with Crippen LogP contribution in [0, 0.1) is 10.1 Å². The number of aromatic nitrogens is 2. The van der Waals surface area contributed by atoms with Crippen molar-refractivity contribution >= 4 is 22.4 Å². The quantitative estimate of drug-likeness (QED) is 0.522. The van der Waals surface area contributed by atoms with E-state index < -0.39 is 11.0 Å². The molecule has 27 heavy (non-hydrogen) atoms. The predicted molar refractivity (Wildman–Crippen MR) is 101 cm³/mol. The molecule has 0 saturated heterocycles. The molecule has 138 valence electrons. The molecule has 0 aliphatic rings. The van der Waals surface area contributed by atoms with E-state index >= 15 is 0 Å². The molecular formula is C19H18N4O4. The van der Waals surface area contributed by atoms with Crippen LogP contribution in [0.4, 0.5) is 5.69 Å². The van der Waals surface area contributed by atoms with Gasteiger partial charge in [-0.1, -0.05) is 30.3 Å². The van der Waals surface area contributed by atoms with Crippen LogP contribution in [0.15, 0.2) is 53.3 Å². The minimum atomic E-state index is -0.472. The number of aryl methyl sites for hydroxylation is 1. The Morgan fingerprint density at radius 3 is 2.52 bits per heavy atom. The molecule has 3 aromatic rings. The van der Waals surface area contributed by atoms with Gasteiger partial charge in [-0.3, -0.25) is 19.7 Å². The molecule has 0 fully saturated rings. The Kier molecular flexibility index (Phi) is 4.72. The molecule has 0 spiro atoms. The van der Waals surface area contributed by atoms with Gasteiger partial charge >= 0.3 is 0 Å². The van der Waals surface area contributed by atoms with Gasteiger partial charge < -0.3 is 4.90 Å². The fourth-order valence-electron chi connectivity index (χ4n) is 2.92. The van der Waals surface area contributed by atoms with Gasteiger partial charge in [-0.15, -0.1) is 0 Å². The summed E-state index contributed by atoms with van der Waals surface area (Å²) >= 11 is 0. The molecule has 0 radical (unpaired) electrons. The summed E-state index contributed by atoms with van der Waals surface area (Å²) in [5, 5.41) is 16.0. The lowest BCUT2D eigenvalue weighted by Gasteiger charge is -2.25. The zero-order valence-corrected chi connectivity index (χ0v) is 15.1. The van der Waals surface area contributed by atoms with E-state index in [9.17, 15) is 19.7 Å². The Morgan fingerprint density at radius 2 is 1.85 bits per heavy atom. The van der Waals surface area contributed by atoms with E-state index in [1.807, 2.05) is 0 Å². The number of fused-ring (bicyclic) bond motifs is 1. The van der Waals surface area contributed by atoms with Crippen LogP contribution in [-0.4, -0.2) is 32.6 Å². The molecule has 3 rings (SSSR count). The van der Waals surface area contributed by atoms with Crippen molar-refractivity contribution < 1.29 is 9.72 Å². The SMILES string of the molecule is C[C@@H](c1cccc([N+](=O)[O-])c1)N(C)C(=O)c1nn(C)c(=O)c2ccccc12. The van der Waals surface area contributed by atoms with Crippen LogP contribution in [0.25, 0.3) is 10.8 Å². The smallest absolute Gasteiger partial charge is 0.275 e. The molecule has 1 amide bonds. The molecule has 0 unspecified atom stereocenters. The number of non-ortho nitro benzene ring substituents is 1. The van der Waals surface area contributed by atoms with Crippen molar-refractivity contribution in [2.45, 2.75) is 13.0 Å². The Labute approximate surface area is 154 Å². The van der Waals surface area contributed by atoms with Crippen molar-refractivity contribution in [2.24, 2.45) is 7.05 Å². The highest BCUT2D eigenvalue weighted by Crippen LogP contribution is 2.25. The van der Waals surface area contributed by atoms with Crippen molar-refractivity contribution in [3.05, 3.63) is 80.3 Å². The van der Waals surface area contributed by atoms with Gasteiger partial charge in [0.2, 0.25) is 0 Å². The van der Waals surface area contributed by atoms with Crippen LogP contribution in [0.2, 0.25) is 0 Å². The van der Waals surface area contributed by atoms with E-state index in [4.69, 9.17) is 0 Å². The topological polar surface area (TPSA) is 98.3 Å². The number of carbonyl (C=O) groups excluding carboxylic acids is 1. The van der Waals surface area contributed by atoms with Gasteiger partial charge in [0.05, 0.1) is 16.4 Å². The maximum absolute atomic E-state index is 13.1. The fourth-order valence-corrected chi connectivity index (χ4v) is 2.92. The Bertz CT molecular complexity index is 1110. The van der Waals surface area contributed by atoms with Crippen LogP contribution in [-0.2, 0) is 7.05 Å². The number of benzene rings is 2. The molecular weight excluding hydrogens is 348 g/mol. The molecule has 8 heteroatoms. The molecule has 1 heterocycles. The number of nitrogens with zero attached hydrogens (tertiary/aromatic N) is 4. The highest BCUT2D eigenvalue weighted by molar-refractivity contribution is 6.04. The molecule has 0 aliphatic carbocycles. The first-order valence-electron chi connectivity index (χ1n) is 8.29. The Hall–Kier alpha value is -3.55. The molecule has 8 nitrogen and oxygen atoms in total. The van der Waals surface area contributed by atoms with Crippen molar-refractivity contribution in [3.8, 4) is 0 Å². The molecule has 1 atom stereocenters. The van der Waals surface area contributed by atoms with Crippen molar-refractivity contribution in [1.82, 2.24) is 14.7 Å². The number of nitro groups is 1. The number of hydrogen-bond donors (Lipinski definition) is 0. The second kappa shape index (κ2) is 6.99. The third kappa shape index (κ3) is 3.29. The van der Waals surface area contributed by atoms with Crippen molar-refractivity contribution in [3.63, 3.8) is 0 Å². The summed E-state index contributed by atoms with van der Waals surface area (Å²) in [6.45, 7) is 1.78. The normalized spacial score (nSPS) is 12.0. The lowest BCUT2D eigenvalue weighted by Crippen LogP contribution is -2.33. The molecule has 0 aliphatic heterocycles. The van der Waals surface area contributed by atoms with Gasteiger partial charge in [-0.25, -0.2) is 4.68 Å². The average Bonchev–Trinajstić information content (AvgIpc) is 2.69. The van der Waals surface area contributed by atoms with Crippen LogP contribution in [0.5, 0.6) is 0 Å². The van der Waals surface area contributed by atoms with Gasteiger partial charge in [-0.05, 0) is 18.6 Å². The van der Waals surface area contributed by atoms with Gasteiger partial charge in [0, 0.05) is 31.6 Å². The third-order valence-electron chi connectivity index (χ3n) is 4.62. The third-order valence-corrected chi connectivity index (χ3v) is 4.62. The van der Waals surface area contributed by atoms with E-state index in [1.54, 1.807) is 50.4 Å². The lowest BCUT2D eigenvalue weighted by atomic mass is 10.1. The highest BCUT2D eigenvalue weighted by Gasteiger charge is 2.24. The maximum Gasteiger partial charge on any atom is 0.275 e. The Morgan fingerprint density at radius 1 is 1.19 bits per heavy atom. The number of rotatable bonds is 4. The summed E-state index contributed by atoms with van der Waals surface area (Å²) in [6.07, 6.45) is 0. The van der Waals surface area contributed by atoms with Gasteiger partial charge in [0.15, 0.2) is 5.69 Å². The van der Waals surface area contributed by atoms with Crippen molar-refractivity contribution in [1.29, 1.82) is 0 Å². The predicted octanol–water partition coefficient (Wildman–Crippen LogP) is 2.67. The van der Waals surface area contributed by atoms with Gasteiger partial charge in [0.25, 0.3) is 17.2 Å². The van der Waals surface area contributed by atoms with Crippen LogP contribution >= 0.6 is 0 Å². The fraction of sp³-hybridized carbons (Fsp3) is 0.211. The summed E-state index contributed by atoms with van der Waals surface area (Å²) in [4.78, 5) is 37.3. The molecule has 0 saturated carbocycles. The number of hydrogen-bond acceptors (Lipinski definition) is 5.